The van der Waals surface area contributed by atoms with E-state index in [1.807, 2.05) is 37.3 Å². The zero-order valence-electron chi connectivity index (χ0n) is 22.9. The number of aliphatic carboxylic acids is 1. The second-order valence-corrected chi connectivity index (χ2v) is 10.9. The van der Waals surface area contributed by atoms with Gasteiger partial charge in [0, 0.05) is 12.2 Å². The maximum absolute atomic E-state index is 14.7. The minimum absolute atomic E-state index is 0.161. The summed E-state index contributed by atoms with van der Waals surface area (Å²) in [6.07, 6.45) is 3.14. The quantitative estimate of drug-likeness (QED) is 0.415. The third kappa shape index (κ3) is 4.19. The first-order valence-corrected chi connectivity index (χ1v) is 13.7. The van der Waals surface area contributed by atoms with Crippen LogP contribution >= 0.6 is 0 Å². The number of aliphatic hydroxyl groups excluding tert-OH is 1. The molecule has 2 aromatic carbocycles. The van der Waals surface area contributed by atoms with Crippen LogP contribution in [0, 0.1) is 11.8 Å². The lowest BCUT2D eigenvalue weighted by Gasteiger charge is -2.39. The molecule has 212 valence electrons. The predicted molar refractivity (Wildman–Crippen MR) is 148 cm³/mol. The number of amides is 2. The molecule has 2 amide bonds. The van der Waals surface area contributed by atoms with E-state index in [4.69, 9.17) is 9.47 Å². The van der Waals surface area contributed by atoms with E-state index in [0.717, 1.165) is 5.56 Å². The van der Waals surface area contributed by atoms with Gasteiger partial charge in [-0.15, -0.1) is 6.58 Å². The van der Waals surface area contributed by atoms with Gasteiger partial charge in [-0.3, -0.25) is 14.4 Å². The molecular weight excluding hydrogens is 512 g/mol. The van der Waals surface area contributed by atoms with Crippen molar-refractivity contribution in [3.05, 3.63) is 72.8 Å². The van der Waals surface area contributed by atoms with Crippen LogP contribution in [0.2, 0.25) is 0 Å². The van der Waals surface area contributed by atoms with Gasteiger partial charge in [-0.1, -0.05) is 43.3 Å². The van der Waals surface area contributed by atoms with Crippen LogP contribution in [-0.2, 0) is 25.5 Å². The molecule has 5 rings (SSSR count). The van der Waals surface area contributed by atoms with Gasteiger partial charge >= 0.3 is 5.97 Å². The number of ether oxygens (including phenoxy) is 2. The number of carbonyl (C=O) groups is 3. The minimum Gasteiger partial charge on any atom is -0.497 e. The lowest BCUT2D eigenvalue weighted by molar-refractivity contribution is -0.157. The molecule has 2 aromatic rings. The zero-order valence-corrected chi connectivity index (χ0v) is 22.9. The fraction of sp³-hybridized carbons (Fsp3) is 0.452. The highest BCUT2D eigenvalue weighted by atomic mass is 16.5. The maximum atomic E-state index is 14.7. The molecule has 40 heavy (non-hydrogen) atoms. The van der Waals surface area contributed by atoms with E-state index in [-0.39, 0.29) is 6.54 Å². The van der Waals surface area contributed by atoms with Crippen LogP contribution in [0.1, 0.15) is 31.7 Å². The van der Waals surface area contributed by atoms with E-state index in [1.165, 1.54) is 9.80 Å². The Balaban J connectivity index is 1.63. The van der Waals surface area contributed by atoms with Gasteiger partial charge in [0.25, 0.3) is 5.91 Å². The van der Waals surface area contributed by atoms with Gasteiger partial charge in [-0.05, 0) is 55.5 Å². The highest BCUT2D eigenvalue weighted by Gasteiger charge is 2.79. The highest BCUT2D eigenvalue weighted by molar-refractivity contribution is 6.05. The van der Waals surface area contributed by atoms with Gasteiger partial charge in [0.05, 0.1) is 31.3 Å². The number of carboxylic acids is 1. The number of methoxy groups -OCH3 is 1. The topological polar surface area (TPSA) is 117 Å². The predicted octanol–water partition coefficient (Wildman–Crippen LogP) is 3.06. The van der Waals surface area contributed by atoms with E-state index >= 15 is 0 Å². The van der Waals surface area contributed by atoms with Gasteiger partial charge in [0.2, 0.25) is 5.91 Å². The molecule has 3 aliphatic heterocycles. The number of aliphatic hydroxyl groups is 1. The first-order valence-electron chi connectivity index (χ1n) is 13.7. The number of fused-ring (bicyclic) bond motifs is 1. The van der Waals surface area contributed by atoms with Crippen molar-refractivity contribution in [3.8, 4) is 5.75 Å². The molecule has 2 N–H and O–H groups in total. The fourth-order valence-electron chi connectivity index (χ4n) is 7.20. The summed E-state index contributed by atoms with van der Waals surface area (Å²) in [4.78, 5) is 44.6. The van der Waals surface area contributed by atoms with Gasteiger partial charge < -0.3 is 29.5 Å². The van der Waals surface area contributed by atoms with Crippen molar-refractivity contribution in [1.29, 1.82) is 0 Å². The first kappa shape index (κ1) is 27.9. The number of hydrogen-bond donors (Lipinski definition) is 2. The molecule has 1 spiro atoms. The van der Waals surface area contributed by atoms with E-state index < -0.39 is 59.5 Å². The molecule has 3 heterocycles. The average molecular weight is 549 g/mol. The number of anilines is 1. The molecule has 2 unspecified atom stereocenters. The molecule has 9 heteroatoms. The Kier molecular flexibility index (Phi) is 7.46. The van der Waals surface area contributed by atoms with E-state index in [9.17, 15) is 24.6 Å². The van der Waals surface area contributed by atoms with Crippen molar-refractivity contribution in [2.24, 2.45) is 11.8 Å². The summed E-state index contributed by atoms with van der Waals surface area (Å²) in [7, 11) is 1.56. The van der Waals surface area contributed by atoms with Crippen LogP contribution in [0.3, 0.4) is 0 Å². The number of carboxylic acid groups (broad SMARTS) is 1. The molecule has 3 fully saturated rings. The van der Waals surface area contributed by atoms with Crippen LogP contribution in [0.5, 0.6) is 5.75 Å². The van der Waals surface area contributed by atoms with Gasteiger partial charge in [-0.25, -0.2) is 0 Å². The number of hydrogen-bond acceptors (Lipinski definition) is 6. The van der Waals surface area contributed by atoms with Crippen molar-refractivity contribution in [3.63, 3.8) is 0 Å². The third-order valence-electron chi connectivity index (χ3n) is 9.00. The minimum atomic E-state index is -1.32. The molecule has 6 atom stereocenters. The summed E-state index contributed by atoms with van der Waals surface area (Å²) < 4.78 is 11.9. The van der Waals surface area contributed by atoms with Crippen molar-refractivity contribution in [2.45, 2.75) is 55.9 Å². The van der Waals surface area contributed by atoms with E-state index in [2.05, 4.69) is 6.58 Å². The van der Waals surface area contributed by atoms with Gasteiger partial charge in [-0.2, -0.15) is 0 Å². The molecule has 3 aliphatic rings. The summed E-state index contributed by atoms with van der Waals surface area (Å²) >= 11 is 0. The van der Waals surface area contributed by atoms with Crippen LogP contribution in [0.4, 0.5) is 5.69 Å². The summed E-state index contributed by atoms with van der Waals surface area (Å²) in [5.41, 5.74) is -0.871. The van der Waals surface area contributed by atoms with Crippen molar-refractivity contribution < 1.29 is 34.1 Å². The molecule has 0 aromatic heterocycles. The first-order chi connectivity index (χ1) is 19.3. The molecule has 0 radical (unpaired) electrons. The van der Waals surface area contributed by atoms with Crippen molar-refractivity contribution >= 4 is 23.5 Å². The highest BCUT2D eigenvalue weighted by Crippen LogP contribution is 2.64. The van der Waals surface area contributed by atoms with Crippen LogP contribution in [0.25, 0.3) is 0 Å². The molecule has 3 saturated heterocycles. The Morgan fingerprint density at radius 2 is 1.90 bits per heavy atom. The summed E-state index contributed by atoms with van der Waals surface area (Å²) in [5, 5.41) is 20.9. The number of carbonyl (C=O) groups excluding carboxylic acids is 2. The van der Waals surface area contributed by atoms with Crippen LogP contribution < -0.4 is 9.64 Å². The Morgan fingerprint density at radius 3 is 2.48 bits per heavy atom. The summed E-state index contributed by atoms with van der Waals surface area (Å²) in [6.45, 7) is 5.46. The largest absolute Gasteiger partial charge is 0.497 e. The number of likely N-dealkylation sites (tertiary alicyclic amines) is 1. The second-order valence-electron chi connectivity index (χ2n) is 10.9. The Morgan fingerprint density at radius 1 is 1.20 bits per heavy atom. The lowest BCUT2D eigenvalue weighted by Crippen LogP contribution is -2.59. The van der Waals surface area contributed by atoms with Crippen molar-refractivity contribution in [2.75, 3.05) is 25.2 Å². The van der Waals surface area contributed by atoms with E-state index in [1.54, 1.807) is 37.5 Å². The average Bonchev–Trinajstić information content (AvgIpc) is 3.58. The maximum Gasteiger partial charge on any atom is 0.310 e. The Hall–Kier alpha value is -3.69. The molecule has 0 aliphatic carbocycles. The SMILES string of the molecule is C=CCN(C(=O)C1N([C@@H](CO)Cc2ccccc2)C(=O)[C@@H]2[C@H](C(=O)O)[C@]3(CC)CCC12O3)c1ccc(OC)cc1. The number of benzene rings is 2. The smallest absolute Gasteiger partial charge is 0.310 e. The molecule has 0 saturated carbocycles. The Labute approximate surface area is 234 Å². The standard InChI is InChI=1S/C31H36N2O7/c1-4-17-32(21-11-13-23(39-3)14-12-21)28(36)26-31-16-15-30(5-2,40-31)25(29(37)38)24(31)27(35)33(26)22(19-34)18-20-9-7-6-8-10-20/h4,6-14,22,24-26,34H,1,5,15-19H2,2-3H3,(H,37,38)/t22-,24+,25-,26?,30+,31?/m1/s1. The van der Waals surface area contributed by atoms with Crippen LogP contribution in [0.15, 0.2) is 67.3 Å². The van der Waals surface area contributed by atoms with Crippen molar-refractivity contribution in [1.82, 2.24) is 4.90 Å². The zero-order chi connectivity index (χ0) is 28.7. The number of rotatable bonds is 11. The second kappa shape index (κ2) is 10.7. The Bertz CT molecular complexity index is 1280. The molecular formula is C31H36N2O7. The molecule has 2 bridgehead atoms. The third-order valence-corrected chi connectivity index (χ3v) is 9.00. The fourth-order valence-corrected chi connectivity index (χ4v) is 7.20. The van der Waals surface area contributed by atoms with Crippen LogP contribution in [-0.4, -0.2) is 76.4 Å². The van der Waals surface area contributed by atoms with E-state index in [0.29, 0.717) is 37.1 Å². The van der Waals surface area contributed by atoms with Gasteiger partial charge in [0.15, 0.2) is 0 Å². The lowest BCUT2D eigenvalue weighted by atomic mass is 9.65. The monoisotopic (exact) mass is 548 g/mol. The summed E-state index contributed by atoms with van der Waals surface area (Å²) in [5.74, 6) is -3.44. The number of nitrogens with zero attached hydrogens (tertiary/aromatic N) is 2. The summed E-state index contributed by atoms with van der Waals surface area (Å²) in [6, 6.07) is 14.5. The molecule has 9 nitrogen and oxygen atoms in total. The normalized spacial score (nSPS) is 29.2. The van der Waals surface area contributed by atoms with Gasteiger partial charge in [0.1, 0.15) is 23.3 Å².